The predicted octanol–water partition coefficient (Wildman–Crippen LogP) is 4.34. The van der Waals surface area contributed by atoms with Crippen LogP contribution in [0.3, 0.4) is 0 Å². The second-order valence-corrected chi connectivity index (χ2v) is 6.07. The quantitative estimate of drug-likeness (QED) is 0.833. The number of halogens is 1. The van der Waals surface area contributed by atoms with Crippen LogP contribution < -0.4 is 10.1 Å². The van der Waals surface area contributed by atoms with Gasteiger partial charge in [0.15, 0.2) is 5.60 Å². The van der Waals surface area contributed by atoms with Gasteiger partial charge in [0.05, 0.1) is 5.69 Å². The molecular formula is C17H18FNO2S. The number of ether oxygens (including phenoxy) is 1. The summed E-state index contributed by atoms with van der Waals surface area (Å²) in [6, 6.07) is 13.2. The Morgan fingerprint density at radius 2 is 1.77 bits per heavy atom. The predicted molar refractivity (Wildman–Crippen MR) is 88.0 cm³/mol. The summed E-state index contributed by atoms with van der Waals surface area (Å²) in [7, 11) is 0. The van der Waals surface area contributed by atoms with Gasteiger partial charge in [-0.2, -0.15) is 0 Å². The summed E-state index contributed by atoms with van der Waals surface area (Å²) in [6.07, 6.45) is 1.95. The molecule has 0 aliphatic heterocycles. The topological polar surface area (TPSA) is 38.3 Å². The lowest BCUT2D eigenvalue weighted by Gasteiger charge is -2.25. The van der Waals surface area contributed by atoms with Crippen LogP contribution in [0.15, 0.2) is 53.4 Å². The number of carbonyl (C=O) groups is 1. The molecule has 116 valence electrons. The van der Waals surface area contributed by atoms with Gasteiger partial charge in [0.2, 0.25) is 0 Å². The molecule has 0 atom stereocenters. The molecule has 0 saturated heterocycles. The molecule has 0 saturated carbocycles. The second-order valence-electron chi connectivity index (χ2n) is 5.22. The first-order valence-electron chi connectivity index (χ1n) is 6.81. The SMILES string of the molecule is CSc1ccccc1NC(=O)C(C)(C)Oc1ccc(F)cc1. The van der Waals surface area contributed by atoms with Crippen molar-refractivity contribution >= 4 is 23.4 Å². The zero-order chi connectivity index (χ0) is 16.2. The molecule has 1 N–H and O–H groups in total. The number of rotatable bonds is 5. The maximum absolute atomic E-state index is 12.9. The van der Waals surface area contributed by atoms with Gasteiger partial charge in [-0.3, -0.25) is 4.79 Å². The number of nitrogens with one attached hydrogen (secondary N) is 1. The number of carbonyl (C=O) groups excluding carboxylic acids is 1. The lowest BCUT2D eigenvalue weighted by Crippen LogP contribution is -2.42. The van der Waals surface area contributed by atoms with Gasteiger partial charge in [0, 0.05) is 4.90 Å². The number of para-hydroxylation sites is 1. The Balaban J connectivity index is 2.11. The summed E-state index contributed by atoms with van der Waals surface area (Å²) >= 11 is 1.56. The molecule has 0 aliphatic rings. The van der Waals surface area contributed by atoms with Crippen LogP contribution in [0.5, 0.6) is 5.75 Å². The van der Waals surface area contributed by atoms with E-state index in [0.717, 1.165) is 10.6 Å². The number of benzene rings is 2. The van der Waals surface area contributed by atoms with Crippen molar-refractivity contribution in [3.05, 3.63) is 54.3 Å². The lowest BCUT2D eigenvalue weighted by molar-refractivity contribution is -0.128. The Kier molecular flexibility index (Phi) is 5.08. The van der Waals surface area contributed by atoms with E-state index in [4.69, 9.17) is 4.74 Å². The third-order valence-electron chi connectivity index (χ3n) is 3.09. The number of anilines is 1. The highest BCUT2D eigenvalue weighted by Gasteiger charge is 2.30. The van der Waals surface area contributed by atoms with E-state index in [1.54, 1.807) is 25.6 Å². The summed E-state index contributed by atoms with van der Waals surface area (Å²) in [5.41, 5.74) is -0.334. The third-order valence-corrected chi connectivity index (χ3v) is 3.88. The highest BCUT2D eigenvalue weighted by Crippen LogP contribution is 2.26. The molecule has 2 aromatic carbocycles. The van der Waals surface area contributed by atoms with E-state index < -0.39 is 5.60 Å². The second kappa shape index (κ2) is 6.83. The van der Waals surface area contributed by atoms with Crippen molar-refractivity contribution in [2.24, 2.45) is 0 Å². The third kappa shape index (κ3) is 4.01. The van der Waals surface area contributed by atoms with Gasteiger partial charge in [0.1, 0.15) is 11.6 Å². The van der Waals surface area contributed by atoms with Gasteiger partial charge in [0.25, 0.3) is 5.91 Å². The van der Waals surface area contributed by atoms with E-state index in [9.17, 15) is 9.18 Å². The van der Waals surface area contributed by atoms with Crippen LogP contribution >= 0.6 is 11.8 Å². The van der Waals surface area contributed by atoms with Gasteiger partial charge in [-0.15, -0.1) is 11.8 Å². The van der Waals surface area contributed by atoms with Crippen molar-refractivity contribution in [3.63, 3.8) is 0 Å². The molecule has 0 aromatic heterocycles. The average molecular weight is 319 g/mol. The number of hydrogen-bond acceptors (Lipinski definition) is 3. The molecule has 0 fully saturated rings. The molecular weight excluding hydrogens is 301 g/mol. The van der Waals surface area contributed by atoms with Crippen LogP contribution in [0.25, 0.3) is 0 Å². The van der Waals surface area contributed by atoms with E-state index in [1.165, 1.54) is 24.3 Å². The maximum Gasteiger partial charge on any atom is 0.268 e. The van der Waals surface area contributed by atoms with Gasteiger partial charge in [-0.05, 0) is 56.5 Å². The fourth-order valence-corrected chi connectivity index (χ4v) is 2.42. The molecule has 0 unspecified atom stereocenters. The molecule has 22 heavy (non-hydrogen) atoms. The van der Waals surface area contributed by atoms with Gasteiger partial charge >= 0.3 is 0 Å². The Morgan fingerprint density at radius 1 is 1.14 bits per heavy atom. The van der Waals surface area contributed by atoms with Crippen molar-refractivity contribution in [2.75, 3.05) is 11.6 Å². The number of amides is 1. The van der Waals surface area contributed by atoms with Crippen LogP contribution in [-0.4, -0.2) is 17.8 Å². The van der Waals surface area contributed by atoms with Crippen molar-refractivity contribution in [2.45, 2.75) is 24.3 Å². The smallest absolute Gasteiger partial charge is 0.268 e. The fraction of sp³-hybridized carbons (Fsp3) is 0.235. The van der Waals surface area contributed by atoms with Gasteiger partial charge < -0.3 is 10.1 Å². The van der Waals surface area contributed by atoms with Crippen molar-refractivity contribution < 1.29 is 13.9 Å². The standard InChI is InChI=1S/C17H18FNO2S/c1-17(2,21-13-10-8-12(18)9-11-13)16(20)19-14-6-4-5-7-15(14)22-3/h4-11H,1-3H3,(H,19,20). The highest BCUT2D eigenvalue weighted by molar-refractivity contribution is 7.98. The zero-order valence-electron chi connectivity index (χ0n) is 12.7. The van der Waals surface area contributed by atoms with Crippen molar-refractivity contribution in [1.82, 2.24) is 0 Å². The Labute approximate surface area is 133 Å². The summed E-state index contributed by atoms with van der Waals surface area (Å²) in [5.74, 6) is -0.165. The first-order chi connectivity index (χ1) is 10.4. The van der Waals surface area contributed by atoms with Crippen LogP contribution in [0.4, 0.5) is 10.1 Å². The van der Waals surface area contributed by atoms with Gasteiger partial charge in [-0.25, -0.2) is 4.39 Å². The highest BCUT2D eigenvalue weighted by atomic mass is 32.2. The molecule has 1 amide bonds. The minimum absolute atomic E-state index is 0.265. The summed E-state index contributed by atoms with van der Waals surface area (Å²) in [6.45, 7) is 3.35. The summed E-state index contributed by atoms with van der Waals surface area (Å²) in [4.78, 5) is 13.4. The van der Waals surface area contributed by atoms with E-state index >= 15 is 0 Å². The van der Waals surface area contributed by atoms with Crippen LogP contribution in [0.1, 0.15) is 13.8 Å². The average Bonchev–Trinajstić information content (AvgIpc) is 2.50. The number of thioether (sulfide) groups is 1. The molecule has 3 nitrogen and oxygen atoms in total. The molecule has 0 radical (unpaired) electrons. The summed E-state index contributed by atoms with van der Waals surface area (Å²) in [5, 5.41) is 2.87. The molecule has 2 rings (SSSR count). The van der Waals surface area contributed by atoms with Crippen LogP contribution in [-0.2, 0) is 4.79 Å². The first kappa shape index (κ1) is 16.4. The van der Waals surface area contributed by atoms with E-state index in [2.05, 4.69) is 5.32 Å². The molecule has 0 heterocycles. The van der Waals surface area contributed by atoms with Crippen molar-refractivity contribution in [3.8, 4) is 5.75 Å². The summed E-state index contributed by atoms with van der Waals surface area (Å²) < 4.78 is 18.6. The Morgan fingerprint density at radius 3 is 2.41 bits per heavy atom. The van der Waals surface area contributed by atoms with Crippen LogP contribution in [0.2, 0.25) is 0 Å². The minimum Gasteiger partial charge on any atom is -0.478 e. The maximum atomic E-state index is 12.9. The van der Waals surface area contributed by atoms with E-state index in [-0.39, 0.29) is 11.7 Å². The Hall–Kier alpha value is -2.01. The molecule has 0 aliphatic carbocycles. The molecule has 5 heteroatoms. The van der Waals surface area contributed by atoms with Crippen LogP contribution in [0, 0.1) is 5.82 Å². The minimum atomic E-state index is -1.08. The molecule has 0 bridgehead atoms. The van der Waals surface area contributed by atoms with Crippen molar-refractivity contribution in [1.29, 1.82) is 0 Å². The zero-order valence-corrected chi connectivity index (χ0v) is 13.5. The first-order valence-corrected chi connectivity index (χ1v) is 8.04. The fourth-order valence-electron chi connectivity index (χ4n) is 1.86. The van der Waals surface area contributed by atoms with Gasteiger partial charge in [-0.1, -0.05) is 12.1 Å². The van der Waals surface area contributed by atoms with E-state index in [0.29, 0.717) is 5.75 Å². The Bertz CT molecular complexity index is 656. The lowest BCUT2D eigenvalue weighted by atomic mass is 10.1. The molecule has 0 spiro atoms. The monoisotopic (exact) mass is 319 g/mol. The number of hydrogen-bond donors (Lipinski definition) is 1. The largest absolute Gasteiger partial charge is 0.478 e. The van der Waals surface area contributed by atoms with E-state index in [1.807, 2.05) is 30.5 Å². The normalized spacial score (nSPS) is 11.1. The molecule has 2 aromatic rings.